The molecule has 0 bridgehead atoms. The van der Waals surface area contributed by atoms with Crippen molar-refractivity contribution in [3.8, 4) is 16.9 Å². The lowest BCUT2D eigenvalue weighted by Crippen LogP contribution is -2.19. The van der Waals surface area contributed by atoms with Crippen LogP contribution in [0, 0.1) is 0 Å². The predicted molar refractivity (Wildman–Crippen MR) is 100 cm³/mol. The van der Waals surface area contributed by atoms with Crippen molar-refractivity contribution in [3.05, 3.63) is 55.0 Å². The largest absolute Gasteiger partial charge is 0.573 e. The van der Waals surface area contributed by atoms with Crippen LogP contribution in [-0.2, 0) is 11.3 Å². The number of nitrogens with two attached hydrogens (primary N) is 1. The topological polar surface area (TPSA) is 112 Å². The fourth-order valence-electron chi connectivity index (χ4n) is 2.77. The van der Waals surface area contributed by atoms with Gasteiger partial charge in [0.2, 0.25) is 11.9 Å². The minimum Gasteiger partial charge on any atom is -0.406 e. The van der Waals surface area contributed by atoms with Crippen molar-refractivity contribution >= 4 is 23.2 Å². The van der Waals surface area contributed by atoms with Crippen LogP contribution >= 0.6 is 0 Å². The van der Waals surface area contributed by atoms with E-state index in [1.54, 1.807) is 29.2 Å². The fraction of sp³-hybridized carbons (Fsp3) is 0.111. The molecule has 3 heterocycles. The summed E-state index contributed by atoms with van der Waals surface area (Å²) < 4.78 is 43.3. The van der Waals surface area contributed by atoms with Gasteiger partial charge in [0.25, 0.3) is 0 Å². The summed E-state index contributed by atoms with van der Waals surface area (Å²) >= 11 is 0. The molecule has 0 spiro atoms. The molecule has 0 atom stereocenters. The number of halogens is 3. The Morgan fingerprint density at radius 3 is 2.67 bits per heavy atom. The molecule has 0 aliphatic carbocycles. The third kappa shape index (κ3) is 4.48. The molecule has 9 nitrogen and oxygen atoms in total. The Kier molecular flexibility index (Phi) is 4.74. The second-order valence-electron chi connectivity index (χ2n) is 6.24. The van der Waals surface area contributed by atoms with Gasteiger partial charge in [-0.3, -0.25) is 9.48 Å². The number of aromatic nitrogens is 5. The summed E-state index contributed by atoms with van der Waals surface area (Å²) in [6.07, 6.45) is 0.228. The van der Waals surface area contributed by atoms with Crippen molar-refractivity contribution in [2.75, 3.05) is 11.1 Å². The van der Waals surface area contributed by atoms with Crippen LogP contribution in [0.4, 0.5) is 24.8 Å². The summed E-state index contributed by atoms with van der Waals surface area (Å²) in [5, 5.41) is 10.7. The molecule has 0 saturated heterocycles. The van der Waals surface area contributed by atoms with E-state index in [0.29, 0.717) is 11.3 Å². The Morgan fingerprint density at radius 2 is 1.93 bits per heavy atom. The van der Waals surface area contributed by atoms with Gasteiger partial charge in [-0.1, -0.05) is 0 Å². The third-order valence-electron chi connectivity index (χ3n) is 4.00. The third-order valence-corrected chi connectivity index (χ3v) is 4.00. The number of rotatable bonds is 5. The molecule has 1 aromatic carbocycles. The Bertz CT molecular complexity index is 1200. The molecule has 1 amide bonds. The van der Waals surface area contributed by atoms with Gasteiger partial charge in [-0.15, -0.1) is 18.3 Å². The number of hydrogen-bond acceptors (Lipinski definition) is 6. The lowest BCUT2D eigenvalue weighted by molar-refractivity contribution is -0.274. The lowest BCUT2D eigenvalue weighted by atomic mass is 10.1. The number of amides is 1. The first-order valence-electron chi connectivity index (χ1n) is 8.55. The maximum Gasteiger partial charge on any atom is 0.573 e. The highest BCUT2D eigenvalue weighted by molar-refractivity contribution is 5.90. The standard InChI is InChI=1S/C18H14F3N7O2/c19-18(20,21)30-14-3-1-13(2-4-14)24-16(29)10-27-9-12(8-23-27)11-5-6-28-15(7-11)25-17(22)26-28/h1-9H,10H2,(H2,22,26)(H,24,29). The second kappa shape index (κ2) is 7.39. The Labute approximate surface area is 166 Å². The van der Waals surface area contributed by atoms with Gasteiger partial charge >= 0.3 is 6.36 Å². The Hall–Kier alpha value is -4.09. The van der Waals surface area contributed by atoms with Crippen LogP contribution in [0.1, 0.15) is 0 Å². The van der Waals surface area contributed by atoms with Crippen LogP contribution in [0.15, 0.2) is 55.0 Å². The molecule has 154 valence electrons. The Morgan fingerprint density at radius 1 is 1.17 bits per heavy atom. The number of ether oxygens (including phenoxy) is 1. The molecule has 0 aliphatic heterocycles. The average molecular weight is 417 g/mol. The number of anilines is 2. The van der Waals surface area contributed by atoms with Crippen molar-refractivity contribution in [3.63, 3.8) is 0 Å². The highest BCUT2D eigenvalue weighted by Gasteiger charge is 2.30. The fourth-order valence-corrected chi connectivity index (χ4v) is 2.77. The molecular formula is C18H14F3N7O2. The van der Waals surface area contributed by atoms with Crippen molar-refractivity contribution in [2.24, 2.45) is 0 Å². The summed E-state index contributed by atoms with van der Waals surface area (Å²) in [7, 11) is 0. The molecule has 0 unspecified atom stereocenters. The number of nitrogen functional groups attached to an aromatic ring is 1. The summed E-state index contributed by atoms with van der Waals surface area (Å²) in [6, 6.07) is 8.45. The van der Waals surface area contributed by atoms with Gasteiger partial charge in [-0.05, 0) is 42.0 Å². The predicted octanol–water partition coefficient (Wildman–Crippen LogP) is 2.71. The van der Waals surface area contributed by atoms with E-state index < -0.39 is 12.3 Å². The molecule has 0 radical (unpaired) electrons. The first kappa shape index (κ1) is 19.2. The summed E-state index contributed by atoms with van der Waals surface area (Å²) in [4.78, 5) is 16.3. The van der Waals surface area contributed by atoms with Crippen LogP contribution in [0.25, 0.3) is 16.8 Å². The van der Waals surface area contributed by atoms with Crippen molar-refractivity contribution in [1.82, 2.24) is 24.4 Å². The normalized spacial score (nSPS) is 11.6. The van der Waals surface area contributed by atoms with Crippen molar-refractivity contribution < 1.29 is 22.7 Å². The number of fused-ring (bicyclic) bond motifs is 1. The maximum atomic E-state index is 12.2. The zero-order valence-electron chi connectivity index (χ0n) is 15.2. The van der Waals surface area contributed by atoms with Crippen LogP contribution in [0.2, 0.25) is 0 Å². The van der Waals surface area contributed by atoms with E-state index in [9.17, 15) is 18.0 Å². The van der Waals surface area contributed by atoms with Gasteiger partial charge in [0.15, 0.2) is 5.65 Å². The van der Waals surface area contributed by atoms with Crippen LogP contribution in [0.5, 0.6) is 5.75 Å². The zero-order chi connectivity index (χ0) is 21.3. The number of pyridine rings is 1. The first-order valence-corrected chi connectivity index (χ1v) is 8.55. The van der Waals surface area contributed by atoms with Gasteiger partial charge < -0.3 is 15.8 Å². The van der Waals surface area contributed by atoms with E-state index in [4.69, 9.17) is 5.73 Å². The molecule has 12 heteroatoms. The van der Waals surface area contributed by atoms with Gasteiger partial charge in [-0.25, -0.2) is 4.52 Å². The van der Waals surface area contributed by atoms with Gasteiger partial charge in [0.05, 0.1) is 6.20 Å². The summed E-state index contributed by atoms with van der Waals surface area (Å²) in [5.74, 6) is -0.601. The molecular weight excluding hydrogens is 403 g/mol. The van der Waals surface area contributed by atoms with Gasteiger partial charge in [0, 0.05) is 23.6 Å². The quantitative estimate of drug-likeness (QED) is 0.516. The zero-order valence-corrected chi connectivity index (χ0v) is 15.2. The van der Waals surface area contributed by atoms with E-state index in [1.807, 2.05) is 6.07 Å². The van der Waals surface area contributed by atoms with Crippen molar-refractivity contribution in [1.29, 1.82) is 0 Å². The molecule has 4 aromatic rings. The number of hydrogen-bond donors (Lipinski definition) is 2. The van der Waals surface area contributed by atoms with Gasteiger partial charge in [0.1, 0.15) is 12.3 Å². The number of nitrogens with zero attached hydrogens (tertiary/aromatic N) is 5. The minimum atomic E-state index is -4.77. The SMILES string of the molecule is Nc1nc2cc(-c3cnn(CC(=O)Nc4ccc(OC(F)(F)F)cc4)c3)ccn2n1. The average Bonchev–Trinajstić information content (AvgIpc) is 3.26. The number of nitrogens with one attached hydrogen (secondary N) is 1. The first-order chi connectivity index (χ1) is 14.2. The highest BCUT2D eigenvalue weighted by atomic mass is 19.4. The molecule has 30 heavy (non-hydrogen) atoms. The maximum absolute atomic E-state index is 12.2. The highest BCUT2D eigenvalue weighted by Crippen LogP contribution is 2.24. The van der Waals surface area contributed by atoms with Crippen molar-refractivity contribution in [2.45, 2.75) is 12.9 Å². The van der Waals surface area contributed by atoms with Gasteiger partial charge in [-0.2, -0.15) is 10.1 Å². The van der Waals surface area contributed by atoms with E-state index in [0.717, 1.165) is 23.3 Å². The second-order valence-corrected chi connectivity index (χ2v) is 6.24. The smallest absolute Gasteiger partial charge is 0.406 e. The van der Waals surface area contributed by atoms with Crippen LogP contribution in [-0.4, -0.2) is 36.6 Å². The molecule has 0 aliphatic rings. The number of benzene rings is 1. The van der Waals surface area contributed by atoms with E-state index in [2.05, 4.69) is 25.2 Å². The Balaban J connectivity index is 1.40. The molecule has 3 aromatic heterocycles. The lowest BCUT2D eigenvalue weighted by Gasteiger charge is -2.10. The number of alkyl halides is 3. The minimum absolute atomic E-state index is 0.0824. The van der Waals surface area contributed by atoms with Crippen LogP contribution < -0.4 is 15.8 Å². The van der Waals surface area contributed by atoms with E-state index in [1.165, 1.54) is 16.8 Å². The number of carbonyl (C=O) groups excluding carboxylic acids is 1. The van der Waals surface area contributed by atoms with E-state index in [-0.39, 0.29) is 18.2 Å². The van der Waals surface area contributed by atoms with Crippen LogP contribution in [0.3, 0.4) is 0 Å². The number of carbonyl (C=O) groups is 1. The van der Waals surface area contributed by atoms with E-state index >= 15 is 0 Å². The molecule has 0 saturated carbocycles. The molecule has 4 rings (SSSR count). The summed E-state index contributed by atoms with van der Waals surface area (Å²) in [6.45, 7) is -0.0824. The molecule has 3 N–H and O–H groups in total. The molecule has 0 fully saturated rings. The summed E-state index contributed by atoms with van der Waals surface area (Å²) in [5.41, 5.74) is 8.07. The monoisotopic (exact) mass is 417 g/mol.